The van der Waals surface area contributed by atoms with Crippen molar-refractivity contribution in [2.24, 2.45) is 5.92 Å². The maximum atomic E-state index is 7.96. The molecule has 0 atom stereocenters. The van der Waals surface area contributed by atoms with Gasteiger partial charge in [0, 0.05) is 5.54 Å². The molecule has 0 radical (unpaired) electrons. The highest BCUT2D eigenvalue weighted by Gasteiger charge is 2.32. The summed E-state index contributed by atoms with van der Waals surface area (Å²) in [5.74, 6) is 0.746. The molecular formula is C11H23N2-. The summed E-state index contributed by atoms with van der Waals surface area (Å²) >= 11 is 0. The Kier molecular flexibility index (Phi) is 3.03. The highest BCUT2D eigenvalue weighted by molar-refractivity contribution is 4.98. The number of nitrogens with one attached hydrogen (secondary N) is 2. The van der Waals surface area contributed by atoms with Crippen molar-refractivity contribution in [3.63, 3.8) is 0 Å². The van der Waals surface area contributed by atoms with Gasteiger partial charge in [0.25, 0.3) is 0 Å². The fourth-order valence-electron chi connectivity index (χ4n) is 2.18. The van der Waals surface area contributed by atoms with Crippen LogP contribution in [0.1, 0.15) is 46.5 Å². The van der Waals surface area contributed by atoms with Crippen LogP contribution in [0, 0.1) is 5.92 Å². The zero-order chi connectivity index (χ0) is 10.1. The summed E-state index contributed by atoms with van der Waals surface area (Å²) in [5.41, 5.74) is 8.05. The molecule has 1 fully saturated rings. The van der Waals surface area contributed by atoms with Gasteiger partial charge >= 0.3 is 0 Å². The van der Waals surface area contributed by atoms with Crippen LogP contribution in [0.3, 0.4) is 0 Å². The molecule has 2 heteroatoms. The molecule has 0 aliphatic heterocycles. The van der Waals surface area contributed by atoms with E-state index in [-0.39, 0.29) is 11.1 Å². The van der Waals surface area contributed by atoms with E-state index < -0.39 is 0 Å². The van der Waals surface area contributed by atoms with Gasteiger partial charge in [-0.05, 0) is 39.7 Å². The third-order valence-electron chi connectivity index (χ3n) is 3.75. The molecule has 1 aliphatic rings. The van der Waals surface area contributed by atoms with Gasteiger partial charge < -0.3 is 11.1 Å². The lowest BCUT2D eigenvalue weighted by molar-refractivity contribution is 0.178. The van der Waals surface area contributed by atoms with E-state index in [4.69, 9.17) is 5.73 Å². The Bertz CT molecular complexity index is 163. The first-order valence-electron chi connectivity index (χ1n) is 5.31. The molecule has 0 saturated heterocycles. The van der Waals surface area contributed by atoms with Gasteiger partial charge in [-0.1, -0.05) is 19.8 Å². The summed E-state index contributed by atoms with van der Waals surface area (Å²) in [5, 5.41) is 3.38. The van der Waals surface area contributed by atoms with Gasteiger partial charge in [0.2, 0.25) is 0 Å². The largest absolute Gasteiger partial charge is 0.672 e. The Hall–Kier alpha value is -0.0800. The Morgan fingerprint density at radius 2 is 1.77 bits per heavy atom. The van der Waals surface area contributed by atoms with Crippen molar-refractivity contribution in [2.75, 3.05) is 7.05 Å². The van der Waals surface area contributed by atoms with Crippen LogP contribution in [0.2, 0.25) is 0 Å². The van der Waals surface area contributed by atoms with Crippen molar-refractivity contribution in [2.45, 2.75) is 57.5 Å². The summed E-state index contributed by atoms with van der Waals surface area (Å²) in [4.78, 5) is 0. The molecule has 0 spiro atoms. The molecule has 78 valence electrons. The Morgan fingerprint density at radius 1 is 1.31 bits per heavy atom. The Morgan fingerprint density at radius 3 is 2.15 bits per heavy atom. The van der Waals surface area contributed by atoms with Gasteiger partial charge in [0.05, 0.1) is 0 Å². The van der Waals surface area contributed by atoms with Gasteiger partial charge in [-0.2, -0.15) is 0 Å². The van der Waals surface area contributed by atoms with Crippen LogP contribution in [0.25, 0.3) is 5.73 Å². The van der Waals surface area contributed by atoms with Crippen molar-refractivity contribution in [1.29, 1.82) is 0 Å². The van der Waals surface area contributed by atoms with Crippen molar-refractivity contribution >= 4 is 0 Å². The minimum atomic E-state index is -0.152. The molecular weight excluding hydrogens is 160 g/mol. The quantitative estimate of drug-likeness (QED) is 0.702. The molecule has 2 nitrogen and oxygen atoms in total. The molecule has 0 amide bonds. The van der Waals surface area contributed by atoms with Crippen LogP contribution in [0.15, 0.2) is 0 Å². The minimum absolute atomic E-state index is 0.152. The lowest BCUT2D eigenvalue weighted by Crippen LogP contribution is -2.46. The van der Waals surface area contributed by atoms with E-state index in [0.29, 0.717) is 0 Å². The van der Waals surface area contributed by atoms with Crippen molar-refractivity contribution in [1.82, 2.24) is 5.32 Å². The second-order valence-electron chi connectivity index (χ2n) is 5.31. The molecule has 0 aromatic heterocycles. The summed E-state index contributed by atoms with van der Waals surface area (Å²) in [7, 11) is 2.04. The molecule has 0 aromatic carbocycles. The van der Waals surface area contributed by atoms with Crippen molar-refractivity contribution < 1.29 is 0 Å². The first kappa shape index (κ1) is 11.0. The highest BCUT2D eigenvalue weighted by atomic mass is 14.9. The van der Waals surface area contributed by atoms with E-state index in [1.807, 2.05) is 7.05 Å². The van der Waals surface area contributed by atoms with E-state index in [1.165, 1.54) is 12.8 Å². The molecule has 13 heavy (non-hydrogen) atoms. The number of hydrogen-bond donors (Lipinski definition) is 1. The molecule has 1 saturated carbocycles. The molecule has 2 N–H and O–H groups in total. The van der Waals surface area contributed by atoms with E-state index in [1.54, 1.807) is 0 Å². The van der Waals surface area contributed by atoms with Gasteiger partial charge in [-0.3, -0.25) is 0 Å². The molecule has 1 aliphatic carbocycles. The summed E-state index contributed by atoms with van der Waals surface area (Å²) in [6.45, 7) is 6.60. The second kappa shape index (κ2) is 3.58. The fourth-order valence-corrected chi connectivity index (χ4v) is 2.18. The van der Waals surface area contributed by atoms with Gasteiger partial charge in [-0.25, -0.2) is 0 Å². The van der Waals surface area contributed by atoms with E-state index >= 15 is 0 Å². The van der Waals surface area contributed by atoms with Crippen LogP contribution in [0.4, 0.5) is 0 Å². The van der Waals surface area contributed by atoms with Crippen LogP contribution in [-0.2, 0) is 0 Å². The normalized spacial score (nSPS) is 36.2. The maximum Gasteiger partial charge on any atom is 0.0150 e. The lowest BCUT2D eigenvalue weighted by atomic mass is 9.71. The van der Waals surface area contributed by atoms with Crippen molar-refractivity contribution in [3.05, 3.63) is 5.73 Å². The van der Waals surface area contributed by atoms with E-state index in [2.05, 4.69) is 26.1 Å². The predicted molar refractivity (Wildman–Crippen MR) is 57.8 cm³/mol. The van der Waals surface area contributed by atoms with Crippen molar-refractivity contribution in [3.8, 4) is 0 Å². The van der Waals surface area contributed by atoms with Crippen LogP contribution >= 0.6 is 0 Å². The third-order valence-corrected chi connectivity index (χ3v) is 3.75. The first-order chi connectivity index (χ1) is 5.87. The molecule has 0 heterocycles. The summed E-state index contributed by atoms with van der Waals surface area (Å²) in [6.07, 6.45) is 4.52. The number of hydrogen-bond acceptors (Lipinski definition) is 1. The van der Waals surface area contributed by atoms with E-state index in [9.17, 15) is 0 Å². The van der Waals surface area contributed by atoms with Crippen LogP contribution in [-0.4, -0.2) is 18.1 Å². The zero-order valence-electron chi connectivity index (χ0n) is 9.41. The highest BCUT2D eigenvalue weighted by Crippen LogP contribution is 2.38. The van der Waals surface area contributed by atoms with Gasteiger partial charge in [0.1, 0.15) is 0 Å². The van der Waals surface area contributed by atoms with E-state index in [0.717, 1.165) is 18.8 Å². The summed E-state index contributed by atoms with van der Waals surface area (Å²) in [6, 6.07) is 0. The fraction of sp³-hybridized carbons (Fsp3) is 1.00. The van der Waals surface area contributed by atoms with Gasteiger partial charge in [-0.15, -0.1) is 5.54 Å². The summed E-state index contributed by atoms with van der Waals surface area (Å²) < 4.78 is 0. The lowest BCUT2D eigenvalue weighted by Gasteiger charge is -2.46. The Labute approximate surface area is 82.3 Å². The minimum Gasteiger partial charge on any atom is -0.672 e. The van der Waals surface area contributed by atoms with Crippen LogP contribution in [0.5, 0.6) is 0 Å². The van der Waals surface area contributed by atoms with Gasteiger partial charge in [0.15, 0.2) is 0 Å². The molecule has 0 aromatic rings. The smallest absolute Gasteiger partial charge is 0.0150 e. The average molecular weight is 183 g/mol. The second-order valence-corrected chi connectivity index (χ2v) is 5.31. The topological polar surface area (TPSA) is 35.8 Å². The standard InChI is InChI=1S/C11H23N2/c1-10(2,13-4)9-5-7-11(3,12)8-6-9/h9,12-13H,5-8H2,1-4H3/q-1. The van der Waals surface area contributed by atoms with Crippen LogP contribution < -0.4 is 5.32 Å². The third kappa shape index (κ3) is 2.68. The predicted octanol–water partition coefficient (Wildman–Crippen LogP) is 2.99. The molecule has 0 unspecified atom stereocenters. The molecule has 0 bridgehead atoms. The maximum absolute atomic E-state index is 7.96. The zero-order valence-corrected chi connectivity index (χ0v) is 9.41. The monoisotopic (exact) mass is 183 g/mol. The molecule has 1 rings (SSSR count). The number of rotatable bonds is 2. The Balaban J connectivity index is 2.50. The average Bonchev–Trinajstić information content (AvgIpc) is 2.04. The SMILES string of the molecule is CNC(C)(C)C1CCC(C)([NH-])CC1. The first-order valence-corrected chi connectivity index (χ1v) is 5.31.